The van der Waals surface area contributed by atoms with Crippen LogP contribution < -0.4 is 15.8 Å². The first kappa shape index (κ1) is 14.8. The summed E-state index contributed by atoms with van der Waals surface area (Å²) in [7, 11) is 0. The van der Waals surface area contributed by atoms with E-state index in [-0.39, 0.29) is 6.10 Å². The molecule has 0 atom stereocenters. The molecule has 0 aromatic heterocycles. The van der Waals surface area contributed by atoms with E-state index < -0.39 is 0 Å². The fourth-order valence-corrected chi connectivity index (χ4v) is 2.25. The van der Waals surface area contributed by atoms with Crippen LogP contribution in [0.3, 0.4) is 0 Å². The SMILES string of the molecule is CC(C)Oc1cccc(Nc2c(Cl)cccc2Cl)c1N. The molecule has 0 aliphatic rings. The minimum absolute atomic E-state index is 0.0523. The van der Waals surface area contributed by atoms with Gasteiger partial charge in [0.15, 0.2) is 0 Å². The smallest absolute Gasteiger partial charge is 0.144 e. The predicted octanol–water partition coefficient (Wildman–Crippen LogP) is 5.11. The molecule has 2 aromatic carbocycles. The maximum atomic E-state index is 6.14. The van der Waals surface area contributed by atoms with Gasteiger partial charge in [0.25, 0.3) is 0 Å². The average molecular weight is 311 g/mol. The van der Waals surface area contributed by atoms with E-state index in [2.05, 4.69) is 5.32 Å². The summed E-state index contributed by atoms with van der Waals surface area (Å²) in [5.74, 6) is 0.633. The molecule has 3 N–H and O–H groups in total. The van der Waals surface area contributed by atoms with Gasteiger partial charge in [0.1, 0.15) is 5.75 Å². The highest BCUT2D eigenvalue weighted by molar-refractivity contribution is 6.39. The summed E-state index contributed by atoms with van der Waals surface area (Å²) < 4.78 is 5.65. The Kier molecular flexibility index (Phi) is 4.63. The van der Waals surface area contributed by atoms with Gasteiger partial charge in [-0.25, -0.2) is 0 Å². The number of nitrogen functional groups attached to an aromatic ring is 1. The van der Waals surface area contributed by atoms with E-state index in [1.807, 2.05) is 32.0 Å². The second-order valence-electron chi connectivity index (χ2n) is 4.61. The first-order valence-electron chi connectivity index (χ1n) is 6.25. The lowest BCUT2D eigenvalue weighted by Gasteiger charge is -2.16. The van der Waals surface area contributed by atoms with Crippen molar-refractivity contribution >= 4 is 40.3 Å². The predicted molar refractivity (Wildman–Crippen MR) is 86.4 cm³/mol. The van der Waals surface area contributed by atoms with E-state index in [9.17, 15) is 0 Å². The highest BCUT2D eigenvalue weighted by Gasteiger charge is 2.11. The molecule has 0 spiro atoms. The molecule has 0 heterocycles. The number of halogens is 2. The summed E-state index contributed by atoms with van der Waals surface area (Å²) in [5, 5.41) is 4.22. The molecule has 20 heavy (non-hydrogen) atoms. The van der Waals surface area contributed by atoms with Crippen molar-refractivity contribution in [3.8, 4) is 5.75 Å². The van der Waals surface area contributed by atoms with Crippen LogP contribution in [0.4, 0.5) is 17.1 Å². The summed E-state index contributed by atoms with van der Waals surface area (Å²) >= 11 is 12.3. The lowest BCUT2D eigenvalue weighted by Crippen LogP contribution is -2.08. The first-order chi connectivity index (χ1) is 9.49. The van der Waals surface area contributed by atoms with Crippen molar-refractivity contribution in [2.45, 2.75) is 20.0 Å². The summed E-state index contributed by atoms with van der Waals surface area (Å²) in [4.78, 5) is 0. The molecule has 5 heteroatoms. The van der Waals surface area contributed by atoms with Gasteiger partial charge in [-0.2, -0.15) is 0 Å². The van der Waals surface area contributed by atoms with Gasteiger partial charge in [-0.05, 0) is 38.1 Å². The maximum Gasteiger partial charge on any atom is 0.144 e. The van der Waals surface area contributed by atoms with E-state index in [0.717, 1.165) is 0 Å². The van der Waals surface area contributed by atoms with Crippen LogP contribution in [-0.2, 0) is 0 Å². The Morgan fingerprint density at radius 2 is 1.65 bits per heavy atom. The number of rotatable bonds is 4. The van der Waals surface area contributed by atoms with Crippen molar-refractivity contribution in [2.75, 3.05) is 11.1 Å². The lowest BCUT2D eigenvalue weighted by atomic mass is 10.2. The first-order valence-corrected chi connectivity index (χ1v) is 7.01. The standard InChI is InChI=1S/C15H16Cl2N2O/c1-9(2)20-13-8-4-7-12(14(13)18)19-15-10(16)5-3-6-11(15)17/h3-9,19H,18H2,1-2H3. The summed E-state index contributed by atoms with van der Waals surface area (Å²) in [6, 6.07) is 10.9. The van der Waals surface area contributed by atoms with Gasteiger partial charge in [0, 0.05) is 0 Å². The van der Waals surface area contributed by atoms with E-state index in [0.29, 0.717) is 32.9 Å². The van der Waals surface area contributed by atoms with Crippen LogP contribution in [0.25, 0.3) is 0 Å². The molecule has 0 fully saturated rings. The Labute approximate surface area is 128 Å². The van der Waals surface area contributed by atoms with Crippen LogP contribution in [0.2, 0.25) is 10.0 Å². The van der Waals surface area contributed by atoms with E-state index >= 15 is 0 Å². The number of hydrogen-bond donors (Lipinski definition) is 2. The van der Waals surface area contributed by atoms with E-state index in [1.165, 1.54) is 0 Å². The Morgan fingerprint density at radius 3 is 2.25 bits per heavy atom. The van der Waals surface area contributed by atoms with Gasteiger partial charge in [0.05, 0.1) is 33.2 Å². The Morgan fingerprint density at radius 1 is 1.05 bits per heavy atom. The number of nitrogens with two attached hydrogens (primary N) is 1. The van der Waals surface area contributed by atoms with Gasteiger partial charge in [-0.1, -0.05) is 35.3 Å². The number of ether oxygens (including phenoxy) is 1. The van der Waals surface area contributed by atoms with E-state index in [1.54, 1.807) is 18.2 Å². The van der Waals surface area contributed by atoms with Crippen molar-refractivity contribution in [3.63, 3.8) is 0 Å². The molecule has 0 aliphatic carbocycles. The molecule has 0 saturated heterocycles. The Balaban J connectivity index is 2.35. The van der Waals surface area contributed by atoms with E-state index in [4.69, 9.17) is 33.7 Å². The molecule has 0 saturated carbocycles. The number of anilines is 3. The molecule has 0 unspecified atom stereocenters. The molecular weight excluding hydrogens is 295 g/mol. The van der Waals surface area contributed by atoms with Crippen molar-refractivity contribution in [1.29, 1.82) is 0 Å². The van der Waals surface area contributed by atoms with Crippen LogP contribution >= 0.6 is 23.2 Å². The topological polar surface area (TPSA) is 47.3 Å². The number of para-hydroxylation sites is 2. The highest BCUT2D eigenvalue weighted by atomic mass is 35.5. The van der Waals surface area contributed by atoms with Crippen molar-refractivity contribution < 1.29 is 4.74 Å². The third-order valence-electron chi connectivity index (χ3n) is 2.65. The fourth-order valence-electron chi connectivity index (χ4n) is 1.76. The minimum Gasteiger partial charge on any atom is -0.489 e. The van der Waals surface area contributed by atoms with Gasteiger partial charge < -0.3 is 15.8 Å². The summed E-state index contributed by atoms with van der Waals surface area (Å²) in [6.07, 6.45) is 0.0523. The molecule has 0 bridgehead atoms. The average Bonchev–Trinajstić information content (AvgIpc) is 2.37. The second-order valence-corrected chi connectivity index (χ2v) is 5.42. The van der Waals surface area contributed by atoms with Gasteiger partial charge in [-0.15, -0.1) is 0 Å². The molecule has 3 nitrogen and oxygen atoms in total. The molecule has 0 aliphatic heterocycles. The molecule has 0 amide bonds. The second kappa shape index (κ2) is 6.25. The molecular formula is C15H16Cl2N2O. The maximum absolute atomic E-state index is 6.14. The van der Waals surface area contributed by atoms with Gasteiger partial charge >= 0.3 is 0 Å². The fraction of sp³-hybridized carbons (Fsp3) is 0.200. The monoisotopic (exact) mass is 310 g/mol. The van der Waals surface area contributed by atoms with Crippen LogP contribution in [0, 0.1) is 0 Å². The molecule has 2 aromatic rings. The van der Waals surface area contributed by atoms with Gasteiger partial charge in [0.2, 0.25) is 0 Å². The van der Waals surface area contributed by atoms with Crippen molar-refractivity contribution in [1.82, 2.24) is 0 Å². The Hall–Kier alpha value is -1.58. The zero-order valence-electron chi connectivity index (χ0n) is 11.3. The molecule has 2 rings (SSSR count). The zero-order valence-corrected chi connectivity index (χ0v) is 12.8. The third-order valence-corrected chi connectivity index (χ3v) is 3.28. The minimum atomic E-state index is 0.0523. The summed E-state index contributed by atoms with van der Waals surface area (Å²) in [6.45, 7) is 3.90. The van der Waals surface area contributed by atoms with Crippen LogP contribution in [0.15, 0.2) is 36.4 Å². The largest absolute Gasteiger partial charge is 0.489 e. The van der Waals surface area contributed by atoms with Crippen LogP contribution in [-0.4, -0.2) is 6.10 Å². The normalized spacial score (nSPS) is 10.7. The number of nitrogens with one attached hydrogen (secondary N) is 1. The van der Waals surface area contributed by atoms with Gasteiger partial charge in [-0.3, -0.25) is 0 Å². The van der Waals surface area contributed by atoms with Crippen LogP contribution in [0.1, 0.15) is 13.8 Å². The Bertz CT molecular complexity index is 595. The molecule has 0 radical (unpaired) electrons. The number of benzene rings is 2. The number of hydrogen-bond acceptors (Lipinski definition) is 3. The lowest BCUT2D eigenvalue weighted by molar-refractivity contribution is 0.244. The summed E-state index contributed by atoms with van der Waals surface area (Å²) in [5.41, 5.74) is 7.97. The quantitative estimate of drug-likeness (QED) is 0.772. The third kappa shape index (κ3) is 3.30. The molecule has 106 valence electrons. The zero-order chi connectivity index (χ0) is 14.7. The van der Waals surface area contributed by atoms with Crippen molar-refractivity contribution in [2.24, 2.45) is 0 Å². The van der Waals surface area contributed by atoms with Crippen LogP contribution in [0.5, 0.6) is 5.75 Å². The van der Waals surface area contributed by atoms with Crippen molar-refractivity contribution in [3.05, 3.63) is 46.4 Å². The highest BCUT2D eigenvalue weighted by Crippen LogP contribution is 2.37.